The first kappa shape index (κ1) is 15.9. The van der Waals surface area contributed by atoms with E-state index in [2.05, 4.69) is 10.0 Å². The molecular weight excluding hydrogens is 318 g/mol. The fourth-order valence-electron chi connectivity index (χ4n) is 1.91. The van der Waals surface area contributed by atoms with Crippen LogP contribution in [-0.4, -0.2) is 33.0 Å². The summed E-state index contributed by atoms with van der Waals surface area (Å²) in [5, 5.41) is 13.8. The molecule has 0 saturated carbocycles. The number of nitrogens with zero attached hydrogens (tertiary/aromatic N) is 1. The molecule has 114 valence electrons. The first-order valence-electron chi connectivity index (χ1n) is 6.22. The van der Waals surface area contributed by atoms with Crippen molar-refractivity contribution in [1.82, 2.24) is 10.0 Å². The van der Waals surface area contributed by atoms with Gasteiger partial charge in [0.1, 0.15) is 4.90 Å². The molecule has 21 heavy (non-hydrogen) atoms. The van der Waals surface area contributed by atoms with E-state index in [0.29, 0.717) is 6.54 Å². The molecular formula is C12H14ClN3O4S. The summed E-state index contributed by atoms with van der Waals surface area (Å²) in [6, 6.07) is 3.33. The molecule has 1 aromatic carbocycles. The van der Waals surface area contributed by atoms with Crippen LogP contribution in [0.25, 0.3) is 0 Å². The molecule has 0 aromatic heterocycles. The normalized spacial score (nSPS) is 15.6. The number of nitro groups is 1. The number of nitrogens with one attached hydrogen (secondary N) is 2. The number of rotatable bonds is 5. The highest BCUT2D eigenvalue weighted by molar-refractivity contribution is 7.89. The molecule has 0 atom stereocenters. The Bertz CT molecular complexity index is 688. The first-order valence-corrected chi connectivity index (χ1v) is 8.08. The van der Waals surface area contributed by atoms with Crippen molar-refractivity contribution in [2.24, 2.45) is 0 Å². The summed E-state index contributed by atoms with van der Waals surface area (Å²) in [4.78, 5) is 9.78. The van der Waals surface area contributed by atoms with E-state index in [0.717, 1.165) is 30.7 Å². The molecule has 0 fully saturated rings. The highest BCUT2D eigenvalue weighted by atomic mass is 35.5. The lowest BCUT2D eigenvalue weighted by atomic mass is 10.1. The van der Waals surface area contributed by atoms with Crippen LogP contribution < -0.4 is 10.0 Å². The lowest BCUT2D eigenvalue weighted by Gasteiger charge is -2.15. The third-order valence-electron chi connectivity index (χ3n) is 3.06. The van der Waals surface area contributed by atoms with E-state index in [4.69, 9.17) is 11.6 Å². The molecule has 2 rings (SSSR count). The van der Waals surface area contributed by atoms with Gasteiger partial charge in [0.05, 0.1) is 9.95 Å². The van der Waals surface area contributed by atoms with Crippen molar-refractivity contribution in [3.63, 3.8) is 0 Å². The van der Waals surface area contributed by atoms with Crippen molar-refractivity contribution in [2.75, 3.05) is 19.6 Å². The number of hydrogen-bond acceptors (Lipinski definition) is 5. The maximum atomic E-state index is 12.2. The average Bonchev–Trinajstić information content (AvgIpc) is 2.46. The zero-order valence-corrected chi connectivity index (χ0v) is 12.6. The summed E-state index contributed by atoms with van der Waals surface area (Å²) in [7, 11) is -3.89. The second-order valence-corrected chi connectivity index (χ2v) is 6.66. The van der Waals surface area contributed by atoms with Crippen LogP contribution in [0.15, 0.2) is 34.7 Å². The number of non-ortho nitro benzene ring substituents is 1. The molecule has 9 heteroatoms. The number of nitro benzene ring substituents is 1. The molecule has 0 unspecified atom stereocenters. The van der Waals surface area contributed by atoms with Crippen molar-refractivity contribution < 1.29 is 13.3 Å². The molecule has 0 aliphatic carbocycles. The Balaban J connectivity index is 2.20. The molecule has 2 N–H and O–H groups in total. The highest BCUT2D eigenvalue weighted by Gasteiger charge is 2.21. The zero-order valence-electron chi connectivity index (χ0n) is 11.0. The van der Waals surface area contributed by atoms with E-state index in [1.54, 1.807) is 0 Å². The number of halogens is 1. The predicted molar refractivity (Wildman–Crippen MR) is 78.9 cm³/mol. The Morgan fingerprint density at radius 2 is 2.19 bits per heavy atom. The van der Waals surface area contributed by atoms with Crippen LogP contribution in [0.5, 0.6) is 0 Å². The molecule has 0 amide bonds. The van der Waals surface area contributed by atoms with E-state index in [9.17, 15) is 18.5 Å². The molecule has 1 aliphatic rings. The van der Waals surface area contributed by atoms with E-state index in [1.807, 2.05) is 6.08 Å². The smallest absolute Gasteiger partial charge is 0.270 e. The van der Waals surface area contributed by atoms with Gasteiger partial charge in [-0.05, 0) is 19.0 Å². The number of hydrogen-bond donors (Lipinski definition) is 2. The van der Waals surface area contributed by atoms with Gasteiger partial charge >= 0.3 is 0 Å². The standard InChI is InChI=1S/C12H14ClN3O4S/c13-11-2-1-10(16(17)18)7-12(11)21(19,20)15-8-9-3-5-14-6-4-9/h1-3,7,14-15H,4-6,8H2. The van der Waals surface area contributed by atoms with E-state index in [-0.39, 0.29) is 22.2 Å². The molecule has 0 spiro atoms. The van der Waals surface area contributed by atoms with E-state index in [1.165, 1.54) is 6.07 Å². The highest BCUT2D eigenvalue weighted by Crippen LogP contribution is 2.26. The van der Waals surface area contributed by atoms with Gasteiger partial charge in [0.2, 0.25) is 10.0 Å². The van der Waals surface area contributed by atoms with Gasteiger partial charge in [-0.15, -0.1) is 0 Å². The molecule has 0 saturated heterocycles. The van der Waals surface area contributed by atoms with Gasteiger partial charge < -0.3 is 5.32 Å². The second-order valence-electron chi connectivity index (χ2n) is 4.51. The number of sulfonamides is 1. The van der Waals surface area contributed by atoms with Gasteiger partial charge in [0, 0.05) is 25.2 Å². The minimum absolute atomic E-state index is 0.0487. The van der Waals surface area contributed by atoms with Crippen LogP contribution >= 0.6 is 11.6 Å². The van der Waals surface area contributed by atoms with E-state index >= 15 is 0 Å². The van der Waals surface area contributed by atoms with Gasteiger partial charge in [0.25, 0.3) is 5.69 Å². The van der Waals surface area contributed by atoms with Gasteiger partial charge in [-0.1, -0.05) is 23.3 Å². The van der Waals surface area contributed by atoms with Gasteiger partial charge in [-0.3, -0.25) is 10.1 Å². The number of benzene rings is 1. The Morgan fingerprint density at radius 1 is 1.43 bits per heavy atom. The molecule has 0 bridgehead atoms. The minimum atomic E-state index is -3.89. The fraction of sp³-hybridized carbons (Fsp3) is 0.333. The third-order valence-corrected chi connectivity index (χ3v) is 4.95. The summed E-state index contributed by atoms with van der Waals surface area (Å²) < 4.78 is 26.8. The summed E-state index contributed by atoms with van der Waals surface area (Å²) in [6.45, 7) is 1.67. The second kappa shape index (κ2) is 6.52. The quantitative estimate of drug-likeness (QED) is 0.483. The Morgan fingerprint density at radius 3 is 2.81 bits per heavy atom. The van der Waals surface area contributed by atoms with Crippen molar-refractivity contribution in [2.45, 2.75) is 11.3 Å². The Labute approximate surface area is 127 Å². The lowest BCUT2D eigenvalue weighted by molar-refractivity contribution is -0.385. The summed E-state index contributed by atoms with van der Waals surface area (Å²) in [6.07, 6.45) is 2.67. The van der Waals surface area contributed by atoms with Crippen LogP contribution in [0.1, 0.15) is 6.42 Å². The topological polar surface area (TPSA) is 101 Å². The lowest BCUT2D eigenvalue weighted by Crippen LogP contribution is -2.29. The van der Waals surface area contributed by atoms with E-state index < -0.39 is 14.9 Å². The minimum Gasteiger partial charge on any atom is -0.313 e. The van der Waals surface area contributed by atoms with Crippen LogP contribution in [0, 0.1) is 10.1 Å². The largest absolute Gasteiger partial charge is 0.313 e. The van der Waals surface area contributed by atoms with Crippen molar-refractivity contribution in [1.29, 1.82) is 0 Å². The molecule has 1 heterocycles. The summed E-state index contributed by atoms with van der Waals surface area (Å²) in [5.74, 6) is 0. The molecule has 1 aliphatic heterocycles. The molecule has 1 aromatic rings. The van der Waals surface area contributed by atoms with Crippen LogP contribution in [-0.2, 0) is 10.0 Å². The Kier molecular flexibility index (Phi) is 4.94. The molecule has 0 radical (unpaired) electrons. The monoisotopic (exact) mass is 331 g/mol. The third kappa shape index (κ3) is 4.01. The van der Waals surface area contributed by atoms with Gasteiger partial charge in [-0.2, -0.15) is 0 Å². The fourth-order valence-corrected chi connectivity index (χ4v) is 3.46. The molecule has 7 nitrogen and oxygen atoms in total. The van der Waals surface area contributed by atoms with Crippen LogP contribution in [0.2, 0.25) is 5.02 Å². The average molecular weight is 332 g/mol. The van der Waals surface area contributed by atoms with Crippen LogP contribution in [0.4, 0.5) is 5.69 Å². The zero-order chi connectivity index (χ0) is 15.5. The van der Waals surface area contributed by atoms with Crippen LogP contribution in [0.3, 0.4) is 0 Å². The summed E-state index contributed by atoms with van der Waals surface area (Å²) >= 11 is 5.84. The SMILES string of the molecule is O=[N+]([O-])c1ccc(Cl)c(S(=O)(=O)NCC2=CCNCC2)c1. The van der Waals surface area contributed by atoms with Gasteiger partial charge in [-0.25, -0.2) is 13.1 Å². The summed E-state index contributed by atoms with van der Waals surface area (Å²) in [5.41, 5.74) is 0.653. The van der Waals surface area contributed by atoms with Crippen molar-refractivity contribution in [3.8, 4) is 0 Å². The maximum absolute atomic E-state index is 12.2. The maximum Gasteiger partial charge on any atom is 0.270 e. The van der Waals surface area contributed by atoms with Gasteiger partial charge in [0.15, 0.2) is 0 Å². The van der Waals surface area contributed by atoms with Crippen molar-refractivity contribution in [3.05, 3.63) is 45.0 Å². The first-order chi connectivity index (χ1) is 9.90. The van der Waals surface area contributed by atoms with Crippen molar-refractivity contribution >= 4 is 27.3 Å². The Hall–Kier alpha value is -1.48. The predicted octanol–water partition coefficient (Wildman–Crippen LogP) is 1.45.